The number of rotatable bonds is 9. The van der Waals surface area contributed by atoms with Crippen molar-refractivity contribution >= 4 is 34.8 Å². The van der Waals surface area contributed by atoms with Crippen LogP contribution in [0.25, 0.3) is 0 Å². The van der Waals surface area contributed by atoms with Crippen molar-refractivity contribution < 1.29 is 28.7 Å². The van der Waals surface area contributed by atoms with Gasteiger partial charge in [-0.2, -0.15) is 0 Å². The highest BCUT2D eigenvalue weighted by molar-refractivity contribution is 8.14. The van der Waals surface area contributed by atoms with Gasteiger partial charge in [-0.05, 0) is 36.1 Å². The zero-order valence-electron chi connectivity index (χ0n) is 16.1. The van der Waals surface area contributed by atoms with Crippen molar-refractivity contribution in [2.24, 2.45) is 0 Å². The van der Waals surface area contributed by atoms with Crippen LogP contribution in [0.1, 0.15) is 30.9 Å². The molecule has 0 aliphatic carbocycles. The molecule has 1 aliphatic heterocycles. The number of ether oxygens (including phenoxy) is 2. The molecule has 9 heteroatoms. The van der Waals surface area contributed by atoms with Crippen molar-refractivity contribution in [3.05, 3.63) is 29.3 Å². The van der Waals surface area contributed by atoms with E-state index in [9.17, 15) is 19.2 Å². The summed E-state index contributed by atoms with van der Waals surface area (Å²) in [5.74, 6) is -0.368. The predicted octanol–water partition coefficient (Wildman–Crippen LogP) is 1.85. The molecule has 3 amide bonds. The van der Waals surface area contributed by atoms with Crippen LogP contribution >= 0.6 is 11.8 Å². The molecule has 0 unspecified atom stereocenters. The van der Waals surface area contributed by atoms with Crippen LogP contribution in [0.2, 0.25) is 0 Å². The van der Waals surface area contributed by atoms with E-state index in [2.05, 4.69) is 19.2 Å². The maximum atomic E-state index is 11.7. The third kappa shape index (κ3) is 6.26. The number of carbonyl (C=O) groups excluding carboxylic acids is 4. The lowest BCUT2D eigenvalue weighted by Crippen LogP contribution is -2.39. The fraction of sp³-hybridized carbons (Fsp3) is 0.474. The number of benzene rings is 1. The molecule has 0 saturated carbocycles. The first-order valence-corrected chi connectivity index (χ1v) is 9.89. The minimum atomic E-state index is -0.665. The number of aryl methyl sites for hydroxylation is 1. The van der Waals surface area contributed by atoms with Crippen molar-refractivity contribution in [1.29, 1.82) is 0 Å². The van der Waals surface area contributed by atoms with E-state index < -0.39 is 18.5 Å². The van der Waals surface area contributed by atoms with Crippen molar-refractivity contribution in [1.82, 2.24) is 10.2 Å². The highest BCUT2D eigenvalue weighted by Gasteiger charge is 2.29. The van der Waals surface area contributed by atoms with Gasteiger partial charge in [0.2, 0.25) is 5.91 Å². The van der Waals surface area contributed by atoms with E-state index in [1.165, 1.54) is 5.56 Å². The molecule has 0 aromatic heterocycles. The van der Waals surface area contributed by atoms with Crippen molar-refractivity contribution in [2.45, 2.75) is 26.7 Å². The molecule has 2 rings (SSSR count). The second-order valence-electron chi connectivity index (χ2n) is 6.57. The molecule has 152 valence electrons. The molecule has 0 radical (unpaired) electrons. The Hall–Kier alpha value is -2.55. The van der Waals surface area contributed by atoms with Crippen molar-refractivity contribution in [3.8, 4) is 5.75 Å². The van der Waals surface area contributed by atoms with Crippen molar-refractivity contribution in [2.75, 3.05) is 32.1 Å². The summed E-state index contributed by atoms with van der Waals surface area (Å²) in [6.45, 7) is 5.63. The topological polar surface area (TPSA) is 102 Å². The van der Waals surface area contributed by atoms with E-state index in [1.807, 2.05) is 19.1 Å². The summed E-state index contributed by atoms with van der Waals surface area (Å²) in [5, 5.41) is 2.17. The lowest BCUT2D eigenvalue weighted by atomic mass is 9.98. The van der Waals surface area contributed by atoms with Crippen LogP contribution in [-0.4, -0.2) is 60.0 Å². The maximum Gasteiger partial charge on any atom is 0.344 e. The van der Waals surface area contributed by atoms with E-state index in [0.717, 1.165) is 22.2 Å². The first-order chi connectivity index (χ1) is 13.3. The fourth-order valence-corrected chi connectivity index (χ4v) is 3.42. The zero-order chi connectivity index (χ0) is 20.7. The summed E-state index contributed by atoms with van der Waals surface area (Å²) in [5.41, 5.74) is 2.29. The van der Waals surface area contributed by atoms with Gasteiger partial charge in [0.05, 0.1) is 5.75 Å². The molecular weight excluding hydrogens is 384 g/mol. The molecule has 28 heavy (non-hydrogen) atoms. The van der Waals surface area contributed by atoms with Gasteiger partial charge in [-0.1, -0.05) is 31.7 Å². The lowest BCUT2D eigenvalue weighted by Gasteiger charge is -2.13. The lowest BCUT2D eigenvalue weighted by molar-refractivity contribution is -0.150. The highest BCUT2D eigenvalue weighted by Crippen LogP contribution is 2.23. The molecule has 0 spiro atoms. The van der Waals surface area contributed by atoms with Crippen LogP contribution < -0.4 is 10.1 Å². The molecule has 1 saturated heterocycles. The molecule has 1 aromatic carbocycles. The van der Waals surface area contributed by atoms with E-state index in [4.69, 9.17) is 9.47 Å². The van der Waals surface area contributed by atoms with Gasteiger partial charge in [-0.3, -0.25) is 19.3 Å². The number of carbonyl (C=O) groups is 4. The molecule has 1 aromatic rings. The van der Waals surface area contributed by atoms with Crippen LogP contribution in [0.15, 0.2) is 18.2 Å². The minimum absolute atomic E-state index is 0.0964. The summed E-state index contributed by atoms with van der Waals surface area (Å²) < 4.78 is 10.3. The normalized spacial score (nSPS) is 13.8. The average Bonchev–Trinajstić information content (AvgIpc) is 2.96. The predicted molar refractivity (Wildman–Crippen MR) is 104 cm³/mol. The largest absolute Gasteiger partial charge is 0.482 e. The number of imide groups is 1. The molecule has 1 fully saturated rings. The minimum Gasteiger partial charge on any atom is -0.482 e. The smallest absolute Gasteiger partial charge is 0.344 e. The van der Waals surface area contributed by atoms with E-state index in [-0.39, 0.29) is 36.6 Å². The zero-order valence-corrected chi connectivity index (χ0v) is 17.0. The van der Waals surface area contributed by atoms with Crippen LogP contribution in [0.5, 0.6) is 5.75 Å². The molecule has 8 nitrogen and oxygen atoms in total. The van der Waals surface area contributed by atoms with Crippen LogP contribution in [-0.2, 0) is 19.1 Å². The Bertz CT molecular complexity index is 749. The molecule has 1 heterocycles. The molecule has 1 N–H and O–H groups in total. The standard InChI is InChI=1S/C19H24N2O6S/c1-12(2)15-5-4-14(8-13(15)3)26-10-18(24)27-9-16(22)20-6-7-21-17(23)11-28-19(21)25/h4-5,8,12H,6-7,9-11H2,1-3H3,(H,20,22). The third-order valence-electron chi connectivity index (χ3n) is 4.08. The first kappa shape index (κ1) is 21.7. The summed E-state index contributed by atoms with van der Waals surface area (Å²) in [6, 6.07) is 5.61. The molecular formula is C19H24N2O6S. The number of nitrogens with one attached hydrogen (secondary N) is 1. The Morgan fingerprint density at radius 3 is 2.61 bits per heavy atom. The van der Waals surface area contributed by atoms with Crippen LogP contribution in [0.3, 0.4) is 0 Å². The Balaban J connectivity index is 1.65. The van der Waals surface area contributed by atoms with Gasteiger partial charge in [-0.15, -0.1) is 0 Å². The summed E-state index contributed by atoms with van der Waals surface area (Å²) >= 11 is 0.934. The van der Waals surface area contributed by atoms with Crippen LogP contribution in [0, 0.1) is 6.92 Å². The number of esters is 1. The Labute approximate surface area is 167 Å². The average molecular weight is 408 g/mol. The molecule has 0 atom stereocenters. The van der Waals surface area contributed by atoms with E-state index in [0.29, 0.717) is 11.7 Å². The number of hydrogen-bond acceptors (Lipinski definition) is 7. The quantitative estimate of drug-likeness (QED) is 0.622. The Morgan fingerprint density at radius 1 is 1.25 bits per heavy atom. The first-order valence-electron chi connectivity index (χ1n) is 8.90. The van der Waals surface area contributed by atoms with Gasteiger partial charge in [0.1, 0.15) is 5.75 Å². The third-order valence-corrected chi connectivity index (χ3v) is 4.94. The second kappa shape index (κ2) is 10.1. The van der Waals surface area contributed by atoms with Crippen LogP contribution in [0.4, 0.5) is 4.79 Å². The van der Waals surface area contributed by atoms with E-state index in [1.54, 1.807) is 6.07 Å². The fourth-order valence-electron chi connectivity index (χ4n) is 2.67. The van der Waals surface area contributed by atoms with Gasteiger partial charge in [-0.25, -0.2) is 4.79 Å². The number of thioether (sulfide) groups is 1. The van der Waals surface area contributed by atoms with Gasteiger partial charge in [0, 0.05) is 13.1 Å². The highest BCUT2D eigenvalue weighted by atomic mass is 32.2. The van der Waals surface area contributed by atoms with Gasteiger partial charge in [0.25, 0.3) is 11.1 Å². The number of hydrogen-bond donors (Lipinski definition) is 1. The molecule has 0 bridgehead atoms. The van der Waals surface area contributed by atoms with E-state index >= 15 is 0 Å². The van der Waals surface area contributed by atoms with Crippen molar-refractivity contribution in [3.63, 3.8) is 0 Å². The Kier molecular flexibility index (Phi) is 7.86. The summed E-state index contributed by atoms with van der Waals surface area (Å²) in [4.78, 5) is 47.3. The molecule has 1 aliphatic rings. The number of nitrogens with zero attached hydrogens (tertiary/aromatic N) is 1. The monoisotopic (exact) mass is 408 g/mol. The second-order valence-corrected chi connectivity index (χ2v) is 7.50. The SMILES string of the molecule is Cc1cc(OCC(=O)OCC(=O)NCCN2C(=O)CSC2=O)ccc1C(C)C. The van der Waals surface area contributed by atoms with Gasteiger partial charge < -0.3 is 14.8 Å². The number of amides is 3. The van der Waals surface area contributed by atoms with Gasteiger partial charge >= 0.3 is 5.97 Å². The Morgan fingerprint density at radius 2 is 2.00 bits per heavy atom. The summed E-state index contributed by atoms with van der Waals surface area (Å²) in [7, 11) is 0. The van der Waals surface area contributed by atoms with Gasteiger partial charge in [0.15, 0.2) is 13.2 Å². The summed E-state index contributed by atoms with van der Waals surface area (Å²) in [6.07, 6.45) is 0. The maximum absolute atomic E-state index is 11.7.